The van der Waals surface area contributed by atoms with Gasteiger partial charge in [0.1, 0.15) is 17.1 Å². The van der Waals surface area contributed by atoms with Crippen molar-refractivity contribution in [3.63, 3.8) is 0 Å². The average molecular weight is 304 g/mol. The van der Waals surface area contributed by atoms with Gasteiger partial charge in [-0.2, -0.15) is 5.10 Å². The van der Waals surface area contributed by atoms with Crippen LogP contribution in [0.15, 0.2) is 24.3 Å². The van der Waals surface area contributed by atoms with Gasteiger partial charge >= 0.3 is 5.97 Å². The van der Waals surface area contributed by atoms with Crippen LogP contribution in [0.1, 0.15) is 48.9 Å². The number of aromatic nitrogens is 2. The maximum absolute atomic E-state index is 14.1. The molecule has 0 unspecified atom stereocenters. The van der Waals surface area contributed by atoms with Gasteiger partial charge in [-0.15, -0.1) is 0 Å². The van der Waals surface area contributed by atoms with Crippen molar-refractivity contribution in [3.8, 4) is 5.69 Å². The maximum Gasteiger partial charge on any atom is 0.339 e. The number of hydrogen-bond acceptors (Lipinski definition) is 2. The predicted octanol–water partition coefficient (Wildman–Crippen LogP) is 3.86. The maximum atomic E-state index is 14.1. The zero-order chi connectivity index (χ0) is 16.3. The fourth-order valence-electron chi connectivity index (χ4n) is 2.57. The van der Waals surface area contributed by atoms with E-state index in [4.69, 9.17) is 0 Å². The van der Waals surface area contributed by atoms with Crippen LogP contribution in [0.25, 0.3) is 5.69 Å². The first kappa shape index (κ1) is 16.2. The van der Waals surface area contributed by atoms with Crippen molar-refractivity contribution in [3.05, 3.63) is 47.0 Å². The van der Waals surface area contributed by atoms with Crippen molar-refractivity contribution in [1.29, 1.82) is 0 Å². The molecule has 1 N–H and O–H groups in total. The van der Waals surface area contributed by atoms with Crippen LogP contribution in [0.2, 0.25) is 0 Å². The van der Waals surface area contributed by atoms with Crippen molar-refractivity contribution >= 4 is 5.97 Å². The Balaban J connectivity index is 2.67. The summed E-state index contributed by atoms with van der Waals surface area (Å²) in [4.78, 5) is 11.7. The topological polar surface area (TPSA) is 55.1 Å². The second-order valence-electron chi connectivity index (χ2n) is 5.78. The van der Waals surface area contributed by atoms with E-state index < -0.39 is 11.8 Å². The van der Waals surface area contributed by atoms with Crippen LogP contribution in [0.4, 0.5) is 4.39 Å². The van der Waals surface area contributed by atoms with E-state index in [1.54, 1.807) is 18.2 Å². The number of rotatable bonds is 6. The van der Waals surface area contributed by atoms with E-state index in [1.165, 1.54) is 10.7 Å². The second-order valence-corrected chi connectivity index (χ2v) is 5.78. The highest BCUT2D eigenvalue weighted by atomic mass is 19.1. The number of aromatic carboxylic acids is 1. The Labute approximate surface area is 129 Å². The number of nitrogens with zero attached hydrogens (tertiary/aromatic N) is 2. The van der Waals surface area contributed by atoms with Crippen LogP contribution < -0.4 is 0 Å². The quantitative estimate of drug-likeness (QED) is 0.881. The van der Waals surface area contributed by atoms with Crippen LogP contribution in [0.5, 0.6) is 0 Å². The van der Waals surface area contributed by atoms with Crippen LogP contribution in [-0.4, -0.2) is 20.9 Å². The summed E-state index contributed by atoms with van der Waals surface area (Å²) in [6, 6.07) is 6.30. The third-order valence-corrected chi connectivity index (χ3v) is 3.44. The van der Waals surface area contributed by atoms with E-state index in [1.807, 2.05) is 20.8 Å². The van der Waals surface area contributed by atoms with Gasteiger partial charge in [0.05, 0.1) is 11.4 Å². The summed E-state index contributed by atoms with van der Waals surface area (Å²) in [5, 5.41) is 14.0. The molecule has 0 saturated heterocycles. The zero-order valence-electron chi connectivity index (χ0n) is 13.1. The molecule has 1 aromatic heterocycles. The monoisotopic (exact) mass is 304 g/mol. The van der Waals surface area contributed by atoms with Crippen molar-refractivity contribution in [2.75, 3.05) is 0 Å². The lowest BCUT2D eigenvalue weighted by atomic mass is 10.0. The van der Waals surface area contributed by atoms with Gasteiger partial charge in [0, 0.05) is 0 Å². The third-order valence-electron chi connectivity index (χ3n) is 3.44. The summed E-state index contributed by atoms with van der Waals surface area (Å²) in [6.45, 7) is 5.98. The van der Waals surface area contributed by atoms with Crippen LogP contribution >= 0.6 is 0 Å². The summed E-state index contributed by atoms with van der Waals surface area (Å²) in [5.74, 6) is -1.13. The normalized spacial score (nSPS) is 11.1. The van der Waals surface area contributed by atoms with Gasteiger partial charge in [-0.05, 0) is 30.9 Å². The number of carbonyl (C=O) groups is 1. The minimum absolute atomic E-state index is 0.221. The number of carboxylic acid groups (broad SMARTS) is 1. The van der Waals surface area contributed by atoms with Crippen molar-refractivity contribution < 1.29 is 14.3 Å². The van der Waals surface area contributed by atoms with Crippen molar-refractivity contribution in [1.82, 2.24) is 9.78 Å². The molecule has 4 nitrogen and oxygen atoms in total. The van der Waals surface area contributed by atoms with Crippen LogP contribution in [0, 0.1) is 11.7 Å². The Morgan fingerprint density at radius 1 is 1.36 bits per heavy atom. The first-order valence-electron chi connectivity index (χ1n) is 7.54. The van der Waals surface area contributed by atoms with Gasteiger partial charge in [-0.1, -0.05) is 39.3 Å². The first-order chi connectivity index (χ1) is 10.5. The van der Waals surface area contributed by atoms with E-state index in [0.29, 0.717) is 29.9 Å². The zero-order valence-corrected chi connectivity index (χ0v) is 13.1. The summed E-state index contributed by atoms with van der Waals surface area (Å²) in [7, 11) is 0. The molecule has 0 atom stereocenters. The fourth-order valence-corrected chi connectivity index (χ4v) is 2.57. The average Bonchev–Trinajstić information content (AvgIpc) is 2.77. The standard InChI is InChI=1S/C17H21FN2O2/c1-4-7-15-16(17(21)22)13(10-11(2)3)19-20(15)14-9-6-5-8-12(14)18/h5-6,8-9,11H,4,7,10H2,1-3H3,(H,21,22). The minimum Gasteiger partial charge on any atom is -0.478 e. The number of hydrogen-bond donors (Lipinski definition) is 1. The molecule has 1 heterocycles. The van der Waals surface area contributed by atoms with Crippen molar-refractivity contribution in [2.24, 2.45) is 5.92 Å². The molecular formula is C17H21FN2O2. The first-order valence-corrected chi connectivity index (χ1v) is 7.54. The Morgan fingerprint density at radius 2 is 2.05 bits per heavy atom. The smallest absolute Gasteiger partial charge is 0.339 e. The summed E-state index contributed by atoms with van der Waals surface area (Å²) >= 11 is 0. The molecule has 118 valence electrons. The Morgan fingerprint density at radius 3 is 2.59 bits per heavy atom. The predicted molar refractivity (Wildman–Crippen MR) is 83.0 cm³/mol. The molecular weight excluding hydrogens is 283 g/mol. The highest BCUT2D eigenvalue weighted by molar-refractivity contribution is 5.90. The Bertz CT molecular complexity index is 677. The molecule has 0 amide bonds. The number of halogens is 1. The molecule has 1 aromatic carbocycles. The molecule has 0 aliphatic carbocycles. The van der Waals surface area contributed by atoms with Gasteiger partial charge in [-0.3, -0.25) is 0 Å². The number of para-hydroxylation sites is 1. The summed E-state index contributed by atoms with van der Waals surface area (Å²) in [5.41, 5.74) is 1.60. The van der Waals surface area contributed by atoms with Gasteiger partial charge in [0.15, 0.2) is 0 Å². The molecule has 2 rings (SSSR count). The van der Waals surface area contributed by atoms with Gasteiger partial charge < -0.3 is 5.11 Å². The summed E-state index contributed by atoms with van der Waals surface area (Å²) < 4.78 is 15.6. The molecule has 0 bridgehead atoms. The molecule has 0 aliphatic heterocycles. The van der Waals surface area contributed by atoms with E-state index in [-0.39, 0.29) is 11.5 Å². The van der Waals surface area contributed by atoms with Crippen LogP contribution in [0.3, 0.4) is 0 Å². The molecule has 22 heavy (non-hydrogen) atoms. The van der Waals surface area contributed by atoms with Crippen molar-refractivity contribution in [2.45, 2.75) is 40.0 Å². The molecule has 2 aromatic rings. The number of carboxylic acids is 1. The van der Waals surface area contributed by atoms with E-state index in [0.717, 1.165) is 6.42 Å². The highest BCUT2D eigenvalue weighted by Crippen LogP contribution is 2.24. The third kappa shape index (κ3) is 3.18. The molecule has 0 fully saturated rings. The lowest BCUT2D eigenvalue weighted by Crippen LogP contribution is -2.08. The lowest BCUT2D eigenvalue weighted by molar-refractivity contribution is 0.0694. The minimum atomic E-state index is -0.998. The second kappa shape index (κ2) is 6.73. The fraction of sp³-hybridized carbons (Fsp3) is 0.412. The molecule has 0 aliphatic rings. The lowest BCUT2D eigenvalue weighted by Gasteiger charge is -2.08. The molecule has 0 saturated carbocycles. The molecule has 0 spiro atoms. The van der Waals surface area contributed by atoms with Gasteiger partial charge in [0.25, 0.3) is 0 Å². The Kier molecular flexibility index (Phi) is 4.96. The van der Waals surface area contributed by atoms with E-state index in [9.17, 15) is 14.3 Å². The largest absolute Gasteiger partial charge is 0.478 e. The SMILES string of the molecule is CCCc1c(C(=O)O)c(CC(C)C)nn1-c1ccccc1F. The molecule has 0 radical (unpaired) electrons. The molecule has 5 heteroatoms. The number of benzene rings is 1. The Hall–Kier alpha value is -2.17. The van der Waals surface area contributed by atoms with Gasteiger partial charge in [0.2, 0.25) is 0 Å². The van der Waals surface area contributed by atoms with E-state index in [2.05, 4.69) is 5.10 Å². The van der Waals surface area contributed by atoms with Crippen LogP contribution in [-0.2, 0) is 12.8 Å². The summed E-state index contributed by atoms with van der Waals surface area (Å²) in [6.07, 6.45) is 1.86. The highest BCUT2D eigenvalue weighted by Gasteiger charge is 2.24. The van der Waals surface area contributed by atoms with E-state index >= 15 is 0 Å². The van der Waals surface area contributed by atoms with Gasteiger partial charge in [-0.25, -0.2) is 13.9 Å².